The molecule has 2 atom stereocenters. The average molecular weight is 211 g/mol. The Morgan fingerprint density at radius 1 is 1.60 bits per heavy atom. The monoisotopic (exact) mass is 211 g/mol. The normalized spacial score (nSPS) is 27.7. The van der Waals surface area contributed by atoms with Gasteiger partial charge in [0.25, 0.3) is 0 Å². The number of hydrogen-bond acceptors (Lipinski definition) is 3. The van der Waals surface area contributed by atoms with Gasteiger partial charge < -0.3 is 5.32 Å². The maximum absolute atomic E-state index is 5.63. The molecule has 0 aromatic rings. The highest BCUT2D eigenvalue weighted by molar-refractivity contribution is 5.08. The zero-order valence-corrected chi connectivity index (χ0v) is 10.3. The lowest BCUT2D eigenvalue weighted by Crippen LogP contribution is -2.30. The van der Waals surface area contributed by atoms with E-state index in [2.05, 4.69) is 25.4 Å². The van der Waals surface area contributed by atoms with Crippen molar-refractivity contribution in [3.8, 4) is 0 Å². The van der Waals surface area contributed by atoms with Gasteiger partial charge in [-0.1, -0.05) is 18.6 Å². The number of hydrogen-bond donors (Lipinski definition) is 2. The second-order valence-corrected chi connectivity index (χ2v) is 4.70. The van der Waals surface area contributed by atoms with Crippen molar-refractivity contribution in [2.24, 2.45) is 11.8 Å². The fourth-order valence-corrected chi connectivity index (χ4v) is 2.32. The van der Waals surface area contributed by atoms with Crippen LogP contribution >= 0.6 is 0 Å². The molecular formula is C12H25N3. The third kappa shape index (κ3) is 4.33. The minimum absolute atomic E-state index is 0.649. The third-order valence-electron chi connectivity index (χ3n) is 3.30. The number of nitrogens with two attached hydrogens (primary N) is 1. The fourth-order valence-electron chi connectivity index (χ4n) is 2.32. The molecule has 3 N–H and O–H groups in total. The molecule has 0 aromatic carbocycles. The van der Waals surface area contributed by atoms with Gasteiger partial charge in [-0.25, -0.2) is 5.01 Å². The number of nitrogens with zero attached hydrogens (tertiary/aromatic N) is 1. The predicted molar refractivity (Wildman–Crippen MR) is 65.4 cm³/mol. The second-order valence-electron chi connectivity index (χ2n) is 4.70. The second kappa shape index (κ2) is 6.26. The summed E-state index contributed by atoms with van der Waals surface area (Å²) >= 11 is 0. The van der Waals surface area contributed by atoms with Crippen LogP contribution in [0.4, 0.5) is 0 Å². The summed E-state index contributed by atoms with van der Waals surface area (Å²) in [7, 11) is 3.99. The van der Waals surface area contributed by atoms with Crippen LogP contribution < -0.4 is 11.2 Å². The van der Waals surface area contributed by atoms with Crippen LogP contribution in [0.1, 0.15) is 32.6 Å². The predicted octanol–water partition coefficient (Wildman–Crippen LogP) is 1.52. The van der Waals surface area contributed by atoms with Gasteiger partial charge in [-0.2, -0.15) is 0 Å². The van der Waals surface area contributed by atoms with E-state index in [1.165, 1.54) is 19.3 Å². The molecule has 0 aliphatic heterocycles. The smallest absolute Gasteiger partial charge is 0.0162 e. The van der Waals surface area contributed by atoms with Gasteiger partial charge >= 0.3 is 0 Å². The van der Waals surface area contributed by atoms with Crippen molar-refractivity contribution < 1.29 is 0 Å². The van der Waals surface area contributed by atoms with Crippen molar-refractivity contribution in [1.29, 1.82) is 0 Å². The largest absolute Gasteiger partial charge is 0.316 e. The highest BCUT2D eigenvalue weighted by Gasteiger charge is 2.17. The van der Waals surface area contributed by atoms with Gasteiger partial charge in [0.2, 0.25) is 0 Å². The Kier molecular flexibility index (Phi) is 5.29. The zero-order valence-electron chi connectivity index (χ0n) is 10.3. The maximum Gasteiger partial charge on any atom is 0.0162 e. The molecule has 0 heterocycles. The first-order valence-corrected chi connectivity index (χ1v) is 5.96. The summed E-state index contributed by atoms with van der Waals surface area (Å²) in [5, 5.41) is 5.17. The Hall–Kier alpha value is -0.380. The van der Waals surface area contributed by atoms with Crippen LogP contribution in [0, 0.1) is 5.92 Å². The van der Waals surface area contributed by atoms with Gasteiger partial charge in [0.1, 0.15) is 0 Å². The molecule has 0 fully saturated rings. The van der Waals surface area contributed by atoms with Crippen molar-refractivity contribution in [3.63, 3.8) is 0 Å². The maximum atomic E-state index is 5.63. The molecule has 3 heteroatoms. The van der Waals surface area contributed by atoms with E-state index in [1.54, 1.807) is 10.6 Å². The van der Waals surface area contributed by atoms with Crippen LogP contribution in [0.2, 0.25) is 0 Å². The van der Waals surface area contributed by atoms with Crippen LogP contribution in [0.3, 0.4) is 0 Å². The van der Waals surface area contributed by atoms with Crippen molar-refractivity contribution in [2.45, 2.75) is 38.6 Å². The SMILES string of the molecule is CNC1CCCC(CCN(C)N)=C[C@H]1C. The molecule has 0 spiro atoms. The molecule has 0 bridgehead atoms. The molecule has 1 aliphatic rings. The Balaban J connectivity index is 2.49. The van der Waals surface area contributed by atoms with Crippen LogP contribution in [0.25, 0.3) is 0 Å². The molecule has 15 heavy (non-hydrogen) atoms. The summed E-state index contributed by atoms with van der Waals surface area (Å²) in [6, 6.07) is 0.651. The summed E-state index contributed by atoms with van der Waals surface area (Å²) in [4.78, 5) is 0. The Morgan fingerprint density at radius 2 is 2.33 bits per heavy atom. The molecule has 0 radical (unpaired) electrons. The molecule has 1 aliphatic carbocycles. The van der Waals surface area contributed by atoms with E-state index in [-0.39, 0.29) is 0 Å². The van der Waals surface area contributed by atoms with E-state index >= 15 is 0 Å². The molecule has 1 rings (SSSR count). The molecule has 0 saturated heterocycles. The Morgan fingerprint density at radius 3 is 2.93 bits per heavy atom. The van der Waals surface area contributed by atoms with E-state index < -0.39 is 0 Å². The molecule has 0 aromatic heterocycles. The van der Waals surface area contributed by atoms with E-state index in [0.717, 1.165) is 13.0 Å². The standard InChI is InChI=1S/C12H25N3/c1-10-9-11(7-8-15(3)13)5-4-6-12(10)14-2/h9-10,12,14H,4-8,13H2,1-3H3/t10-,12?/m1/s1. The summed E-state index contributed by atoms with van der Waals surface area (Å²) < 4.78 is 0. The quantitative estimate of drug-likeness (QED) is 0.421. The van der Waals surface area contributed by atoms with Crippen molar-refractivity contribution in [3.05, 3.63) is 11.6 Å². The lowest BCUT2D eigenvalue weighted by atomic mass is 9.99. The van der Waals surface area contributed by atoms with Crippen LogP contribution in [0.5, 0.6) is 0 Å². The molecule has 88 valence electrons. The van der Waals surface area contributed by atoms with Crippen LogP contribution in [-0.4, -0.2) is 31.7 Å². The average Bonchev–Trinajstić information content (AvgIpc) is 2.36. The van der Waals surface area contributed by atoms with Crippen LogP contribution in [0.15, 0.2) is 11.6 Å². The minimum Gasteiger partial charge on any atom is -0.316 e. The summed E-state index contributed by atoms with van der Waals surface area (Å²) in [5.74, 6) is 6.28. The van der Waals surface area contributed by atoms with Gasteiger partial charge in [0.15, 0.2) is 0 Å². The number of nitrogens with one attached hydrogen (secondary N) is 1. The first-order valence-electron chi connectivity index (χ1n) is 5.96. The molecule has 0 amide bonds. The first-order chi connectivity index (χ1) is 7.13. The van der Waals surface area contributed by atoms with Crippen LogP contribution in [-0.2, 0) is 0 Å². The summed E-state index contributed by atoms with van der Waals surface area (Å²) in [6.45, 7) is 3.27. The highest BCUT2D eigenvalue weighted by atomic mass is 15.4. The van der Waals surface area contributed by atoms with E-state index in [9.17, 15) is 0 Å². The van der Waals surface area contributed by atoms with Gasteiger partial charge in [0, 0.05) is 19.6 Å². The topological polar surface area (TPSA) is 41.3 Å². The summed E-state index contributed by atoms with van der Waals surface area (Å²) in [6.07, 6.45) is 7.40. The third-order valence-corrected chi connectivity index (χ3v) is 3.30. The lowest BCUT2D eigenvalue weighted by molar-refractivity contribution is 0.351. The van der Waals surface area contributed by atoms with Crippen molar-refractivity contribution in [2.75, 3.05) is 20.6 Å². The number of rotatable bonds is 4. The summed E-state index contributed by atoms with van der Waals surface area (Å²) in [5.41, 5.74) is 1.58. The number of hydrazine groups is 1. The van der Waals surface area contributed by atoms with Crippen molar-refractivity contribution in [1.82, 2.24) is 10.3 Å². The van der Waals surface area contributed by atoms with Gasteiger partial charge in [-0.05, 0) is 38.6 Å². The zero-order chi connectivity index (χ0) is 11.3. The molecular weight excluding hydrogens is 186 g/mol. The fraction of sp³-hybridized carbons (Fsp3) is 0.833. The van der Waals surface area contributed by atoms with E-state index in [1.807, 2.05) is 7.05 Å². The lowest BCUT2D eigenvalue weighted by Gasteiger charge is -2.18. The molecule has 0 saturated carbocycles. The molecule has 3 nitrogen and oxygen atoms in total. The Bertz CT molecular complexity index is 211. The minimum atomic E-state index is 0.649. The Labute approximate surface area is 93.7 Å². The van der Waals surface area contributed by atoms with Gasteiger partial charge in [0.05, 0.1) is 0 Å². The van der Waals surface area contributed by atoms with E-state index in [0.29, 0.717) is 12.0 Å². The first kappa shape index (κ1) is 12.7. The van der Waals surface area contributed by atoms with Gasteiger partial charge in [-0.15, -0.1) is 0 Å². The highest BCUT2D eigenvalue weighted by Crippen LogP contribution is 2.23. The van der Waals surface area contributed by atoms with Crippen molar-refractivity contribution >= 4 is 0 Å². The van der Waals surface area contributed by atoms with Gasteiger partial charge in [-0.3, -0.25) is 5.84 Å². The van der Waals surface area contributed by atoms with E-state index in [4.69, 9.17) is 5.84 Å². The molecule has 1 unspecified atom stereocenters.